The molecule has 6 rings (SSSR count). The largest absolute Gasteiger partial charge is 0.508 e. The predicted molar refractivity (Wildman–Crippen MR) is 193 cm³/mol. The zero-order valence-corrected chi connectivity index (χ0v) is 29.1. The topological polar surface area (TPSA) is 220 Å². The van der Waals surface area contributed by atoms with Gasteiger partial charge in [-0.05, 0) is 42.0 Å². The normalized spacial score (nSPS) is 20.6. The molecule has 16 heteroatoms. The Hall–Kier alpha value is -5.46. The first-order valence-corrected chi connectivity index (χ1v) is 17.3. The van der Waals surface area contributed by atoms with Gasteiger partial charge < -0.3 is 40.1 Å². The van der Waals surface area contributed by atoms with Gasteiger partial charge in [0.2, 0.25) is 6.29 Å². The van der Waals surface area contributed by atoms with E-state index in [-0.39, 0.29) is 17.2 Å². The molecule has 16 nitrogen and oxygen atoms in total. The molecule has 0 spiro atoms. The SMILES string of the molecule is O=[N+]([O-])c1cc(C(N(CCN(Cc2ccccc2O)Cc2ccccc2O)Cc2ccccn2)n2cccn2)ccc1O[C@@H]1O[C@H](CO)[C@H](O)[C@H](O)[C@H]1O. The number of aromatic hydroxyl groups is 2. The average Bonchev–Trinajstić information content (AvgIpc) is 3.71. The molecule has 0 radical (unpaired) electrons. The third kappa shape index (κ3) is 9.00. The maximum Gasteiger partial charge on any atom is 0.311 e. The van der Waals surface area contributed by atoms with Crippen molar-refractivity contribution >= 4 is 5.69 Å². The number of nitro benzene ring substituents is 1. The Kier molecular flexibility index (Phi) is 12.5. The molecule has 0 bridgehead atoms. The highest BCUT2D eigenvalue weighted by Crippen LogP contribution is 2.36. The molecule has 0 aliphatic carbocycles. The van der Waals surface area contributed by atoms with E-state index in [0.717, 1.165) is 5.69 Å². The number of phenols is 2. The van der Waals surface area contributed by atoms with Crippen LogP contribution in [0.1, 0.15) is 28.6 Å². The number of benzene rings is 3. The van der Waals surface area contributed by atoms with Gasteiger partial charge in [-0.2, -0.15) is 5.10 Å². The van der Waals surface area contributed by atoms with E-state index in [4.69, 9.17) is 9.47 Å². The number of nitro groups is 1. The Morgan fingerprint density at radius 2 is 1.52 bits per heavy atom. The summed E-state index contributed by atoms with van der Waals surface area (Å²) in [5.74, 6) is -0.00386. The van der Waals surface area contributed by atoms with Crippen molar-refractivity contribution < 1.29 is 45.0 Å². The summed E-state index contributed by atoms with van der Waals surface area (Å²) in [5, 5.41) is 78.9. The van der Waals surface area contributed by atoms with Crippen molar-refractivity contribution in [1.82, 2.24) is 24.6 Å². The first kappa shape index (κ1) is 38.3. The summed E-state index contributed by atoms with van der Waals surface area (Å²) in [6, 6.07) is 25.6. The second-order valence-corrected chi connectivity index (χ2v) is 12.9. The van der Waals surface area contributed by atoms with Crippen LogP contribution in [0.2, 0.25) is 0 Å². The minimum Gasteiger partial charge on any atom is -0.508 e. The van der Waals surface area contributed by atoms with E-state index in [1.54, 1.807) is 65.7 Å². The lowest BCUT2D eigenvalue weighted by molar-refractivity contribution is -0.387. The van der Waals surface area contributed by atoms with Gasteiger partial charge in [0, 0.05) is 68.5 Å². The van der Waals surface area contributed by atoms with Crippen molar-refractivity contribution in [2.24, 2.45) is 0 Å². The number of aliphatic hydroxyl groups is 4. The van der Waals surface area contributed by atoms with Crippen LogP contribution >= 0.6 is 0 Å². The van der Waals surface area contributed by atoms with Gasteiger partial charge in [0.05, 0.1) is 17.2 Å². The van der Waals surface area contributed by atoms with Crippen molar-refractivity contribution in [2.45, 2.75) is 56.5 Å². The van der Waals surface area contributed by atoms with Crippen molar-refractivity contribution in [3.63, 3.8) is 0 Å². The lowest BCUT2D eigenvalue weighted by atomic mass is 9.99. The molecule has 3 aromatic carbocycles. The summed E-state index contributed by atoms with van der Waals surface area (Å²) in [6.45, 7) is 1.07. The molecule has 1 aliphatic heterocycles. The Bertz CT molecular complexity index is 1920. The van der Waals surface area contributed by atoms with Crippen LogP contribution in [-0.2, 0) is 24.4 Å². The second kappa shape index (κ2) is 17.6. The molecule has 54 heavy (non-hydrogen) atoms. The molecule has 6 atom stereocenters. The van der Waals surface area contributed by atoms with E-state index < -0.39 is 54.1 Å². The fourth-order valence-electron chi connectivity index (χ4n) is 6.43. The van der Waals surface area contributed by atoms with Crippen LogP contribution in [-0.4, -0.2) is 111 Å². The van der Waals surface area contributed by atoms with Crippen LogP contribution in [0.4, 0.5) is 5.69 Å². The monoisotopic (exact) mass is 742 g/mol. The van der Waals surface area contributed by atoms with Crippen LogP contribution in [0.5, 0.6) is 17.2 Å². The zero-order valence-electron chi connectivity index (χ0n) is 29.1. The van der Waals surface area contributed by atoms with Gasteiger partial charge in [0.25, 0.3) is 0 Å². The number of aromatic nitrogens is 3. The molecule has 1 fully saturated rings. The molecular weight excluding hydrogens is 700 g/mol. The number of hydrogen-bond donors (Lipinski definition) is 6. The summed E-state index contributed by atoms with van der Waals surface area (Å²) in [6.07, 6.45) is -3.75. The van der Waals surface area contributed by atoms with Crippen molar-refractivity contribution in [1.29, 1.82) is 0 Å². The number of para-hydroxylation sites is 2. The molecule has 2 aromatic heterocycles. The van der Waals surface area contributed by atoms with Gasteiger partial charge in [0.15, 0.2) is 5.75 Å². The van der Waals surface area contributed by atoms with Gasteiger partial charge >= 0.3 is 5.69 Å². The summed E-state index contributed by atoms with van der Waals surface area (Å²) in [7, 11) is 0. The average molecular weight is 743 g/mol. The fourth-order valence-corrected chi connectivity index (χ4v) is 6.43. The number of phenolic OH excluding ortho intramolecular Hbond substituents is 2. The highest BCUT2D eigenvalue weighted by Gasteiger charge is 2.45. The molecule has 0 saturated carbocycles. The van der Waals surface area contributed by atoms with Crippen molar-refractivity contribution in [3.05, 3.63) is 142 Å². The van der Waals surface area contributed by atoms with Crippen molar-refractivity contribution in [2.75, 3.05) is 19.7 Å². The third-order valence-electron chi connectivity index (χ3n) is 9.26. The minimum absolute atomic E-state index is 0.137. The standard InChI is InChI=1S/C38H42N6O10/c45-24-33-34(48)35(49)36(50)38(54-33)53-32-14-13-25(20-29(32)44(51)52)37(43-17-7-16-40-43)42(23-28-10-5-6-15-39-28)19-18-41(21-26-8-1-3-11-30(26)46)22-27-9-2-4-12-31(27)47/h1-17,20,33-38,45-50H,18-19,21-24H2/t33-,34+,35+,36-,37?,38-/m1/s1. The first-order valence-electron chi connectivity index (χ1n) is 17.3. The Balaban J connectivity index is 1.35. The Morgan fingerprint density at radius 1 is 0.833 bits per heavy atom. The molecule has 1 unspecified atom stereocenters. The van der Waals surface area contributed by atoms with Crippen LogP contribution in [0.15, 0.2) is 110 Å². The van der Waals surface area contributed by atoms with Crippen molar-refractivity contribution in [3.8, 4) is 17.2 Å². The maximum absolute atomic E-state index is 12.5. The molecule has 3 heterocycles. The summed E-state index contributed by atoms with van der Waals surface area (Å²) in [5.41, 5.74) is 2.09. The molecule has 5 aromatic rings. The molecule has 6 N–H and O–H groups in total. The van der Waals surface area contributed by atoms with E-state index in [0.29, 0.717) is 49.4 Å². The highest BCUT2D eigenvalue weighted by atomic mass is 16.7. The molecule has 1 saturated heterocycles. The van der Waals surface area contributed by atoms with Crippen LogP contribution < -0.4 is 4.74 Å². The summed E-state index contributed by atoms with van der Waals surface area (Å²) >= 11 is 0. The zero-order chi connectivity index (χ0) is 38.2. The van der Waals surface area contributed by atoms with E-state index >= 15 is 0 Å². The van der Waals surface area contributed by atoms with E-state index in [2.05, 4.69) is 19.9 Å². The maximum atomic E-state index is 12.5. The lowest BCUT2D eigenvalue weighted by Crippen LogP contribution is -2.60. The molecule has 0 amide bonds. The highest BCUT2D eigenvalue weighted by molar-refractivity contribution is 5.49. The van der Waals surface area contributed by atoms with Gasteiger partial charge in [0.1, 0.15) is 42.1 Å². The number of ether oxygens (including phenoxy) is 2. The number of nitrogens with zero attached hydrogens (tertiary/aromatic N) is 6. The van der Waals surface area contributed by atoms with Gasteiger partial charge in [-0.3, -0.25) is 29.6 Å². The van der Waals surface area contributed by atoms with E-state index in [1.165, 1.54) is 12.1 Å². The number of aliphatic hydroxyl groups excluding tert-OH is 4. The molecular formula is C38H42N6O10. The number of pyridine rings is 1. The summed E-state index contributed by atoms with van der Waals surface area (Å²) in [4.78, 5) is 20.5. The fraction of sp³-hybridized carbons (Fsp3) is 0.316. The van der Waals surface area contributed by atoms with E-state index in [9.17, 15) is 40.8 Å². The predicted octanol–water partition coefficient (Wildman–Crippen LogP) is 2.53. The quantitative estimate of drug-likeness (QED) is 0.0632. The smallest absolute Gasteiger partial charge is 0.311 e. The van der Waals surface area contributed by atoms with Gasteiger partial charge in [-0.1, -0.05) is 48.5 Å². The Morgan fingerprint density at radius 3 is 2.11 bits per heavy atom. The lowest BCUT2D eigenvalue weighted by Gasteiger charge is -2.39. The molecule has 1 aliphatic rings. The van der Waals surface area contributed by atoms with Crippen LogP contribution in [0, 0.1) is 10.1 Å². The first-order chi connectivity index (χ1) is 26.1. The second-order valence-electron chi connectivity index (χ2n) is 12.9. The number of rotatable bonds is 16. The van der Waals surface area contributed by atoms with Gasteiger partial charge in [-0.15, -0.1) is 0 Å². The summed E-state index contributed by atoms with van der Waals surface area (Å²) < 4.78 is 12.8. The Labute approximate surface area is 310 Å². The van der Waals surface area contributed by atoms with E-state index in [1.807, 2.05) is 36.4 Å². The number of hydrogen-bond acceptors (Lipinski definition) is 14. The van der Waals surface area contributed by atoms with Crippen LogP contribution in [0.3, 0.4) is 0 Å². The molecule has 284 valence electrons. The van der Waals surface area contributed by atoms with Gasteiger partial charge in [-0.25, -0.2) is 0 Å². The van der Waals surface area contributed by atoms with Crippen LogP contribution in [0.25, 0.3) is 0 Å². The minimum atomic E-state index is -1.77. The third-order valence-corrected chi connectivity index (χ3v) is 9.26.